The number of Topliss-reactive ketones (excluding diaryl/α,β-unsaturated/α-hetero) is 1. The molecule has 1 aliphatic carbocycles. The summed E-state index contributed by atoms with van der Waals surface area (Å²) < 4.78 is 24.3. The van der Waals surface area contributed by atoms with Crippen molar-refractivity contribution in [2.75, 3.05) is 13.7 Å². The molecular weight excluding hydrogens is 363 g/mol. The summed E-state index contributed by atoms with van der Waals surface area (Å²) in [6.07, 6.45) is 2.07. The van der Waals surface area contributed by atoms with Crippen molar-refractivity contribution in [1.82, 2.24) is 0 Å². The van der Waals surface area contributed by atoms with E-state index in [0.717, 1.165) is 0 Å². The summed E-state index contributed by atoms with van der Waals surface area (Å²) in [5.41, 5.74) is 0.367. The third-order valence-electron chi connectivity index (χ3n) is 4.07. The van der Waals surface area contributed by atoms with E-state index in [4.69, 9.17) is 21.1 Å². The van der Waals surface area contributed by atoms with E-state index < -0.39 is 36.0 Å². The summed E-state index contributed by atoms with van der Waals surface area (Å²) in [7, 11) is 1.45. The number of hydrogen-bond acceptors (Lipinski definition) is 5. The molecule has 0 saturated heterocycles. The Balaban J connectivity index is 2.26. The first-order valence-corrected chi connectivity index (χ1v) is 8.52. The smallest absolute Gasteiger partial charge is 0.313 e. The molecule has 2 rings (SSSR count). The summed E-state index contributed by atoms with van der Waals surface area (Å²) in [6.45, 7) is 1.80. The number of aliphatic hydroxyl groups excluding tert-OH is 1. The van der Waals surface area contributed by atoms with Gasteiger partial charge in [0.1, 0.15) is 18.0 Å². The van der Waals surface area contributed by atoms with Crippen LogP contribution in [0, 0.1) is 11.7 Å². The number of hydrogen-bond donors (Lipinski definition) is 1. The van der Waals surface area contributed by atoms with Gasteiger partial charge in [-0.2, -0.15) is 0 Å². The number of methoxy groups -OCH3 is 1. The molecule has 0 aromatic heterocycles. The predicted molar refractivity (Wildman–Crippen MR) is 94.5 cm³/mol. The first-order chi connectivity index (χ1) is 12.4. The number of benzene rings is 1. The highest BCUT2D eigenvalue weighted by Crippen LogP contribution is 2.29. The van der Waals surface area contributed by atoms with Crippen molar-refractivity contribution in [3.8, 4) is 0 Å². The van der Waals surface area contributed by atoms with Crippen LogP contribution in [0.25, 0.3) is 0 Å². The summed E-state index contributed by atoms with van der Waals surface area (Å²) in [4.78, 5) is 23.8. The lowest BCUT2D eigenvalue weighted by Gasteiger charge is -2.26. The summed E-state index contributed by atoms with van der Waals surface area (Å²) >= 11 is 5.81. The highest BCUT2D eigenvalue weighted by Gasteiger charge is 2.29. The van der Waals surface area contributed by atoms with Crippen molar-refractivity contribution in [3.63, 3.8) is 0 Å². The molecule has 0 fully saturated rings. The molecule has 1 aromatic rings. The number of rotatable bonds is 7. The third kappa shape index (κ3) is 4.71. The topological polar surface area (TPSA) is 72.8 Å². The third-order valence-corrected chi connectivity index (χ3v) is 4.36. The Hall–Kier alpha value is -2.18. The van der Waals surface area contributed by atoms with E-state index in [9.17, 15) is 19.1 Å². The molecule has 26 heavy (non-hydrogen) atoms. The number of halogens is 2. The van der Waals surface area contributed by atoms with E-state index in [1.807, 2.05) is 0 Å². The van der Waals surface area contributed by atoms with Crippen LogP contribution in [0.15, 0.2) is 41.7 Å². The molecule has 1 N–H and O–H groups in total. The fraction of sp³-hybridized carbons (Fsp3) is 0.368. The lowest BCUT2D eigenvalue weighted by atomic mass is 9.85. The molecule has 0 saturated carbocycles. The number of carbonyl (C=O) groups excluding carboxylic acids is 2. The molecule has 140 valence electrons. The van der Waals surface area contributed by atoms with Crippen LogP contribution in [0.3, 0.4) is 0 Å². The van der Waals surface area contributed by atoms with E-state index in [-0.39, 0.29) is 29.4 Å². The molecule has 0 spiro atoms. The second-order valence-corrected chi connectivity index (χ2v) is 6.23. The highest BCUT2D eigenvalue weighted by molar-refractivity contribution is 6.30. The first-order valence-electron chi connectivity index (χ1n) is 8.14. The maximum atomic E-state index is 14.2. The zero-order chi connectivity index (χ0) is 19.3. The van der Waals surface area contributed by atoms with Crippen LogP contribution in [-0.4, -0.2) is 36.7 Å². The highest BCUT2D eigenvalue weighted by atomic mass is 35.5. The van der Waals surface area contributed by atoms with Crippen molar-refractivity contribution in [2.45, 2.75) is 25.9 Å². The number of esters is 1. The van der Waals surface area contributed by atoms with E-state index >= 15 is 0 Å². The lowest BCUT2D eigenvalue weighted by molar-refractivity contribution is -0.144. The number of allylic oxidation sites excluding steroid dienone is 1. The Bertz CT molecular complexity index is 756. The normalized spacial score (nSPS) is 19.5. The van der Waals surface area contributed by atoms with Gasteiger partial charge in [0.05, 0.1) is 23.3 Å². The van der Waals surface area contributed by atoms with Gasteiger partial charge in [-0.25, -0.2) is 4.39 Å². The van der Waals surface area contributed by atoms with Crippen LogP contribution in [0.5, 0.6) is 0 Å². The Morgan fingerprint density at radius 1 is 1.31 bits per heavy atom. The molecular formula is C19H20ClFO5. The predicted octanol–water partition coefficient (Wildman–Crippen LogP) is 3.56. The van der Waals surface area contributed by atoms with E-state index in [1.54, 1.807) is 19.1 Å². The van der Waals surface area contributed by atoms with Gasteiger partial charge in [-0.1, -0.05) is 29.8 Å². The summed E-state index contributed by atoms with van der Waals surface area (Å²) in [5, 5.41) is 10.1. The minimum absolute atomic E-state index is 0.00112. The van der Waals surface area contributed by atoms with E-state index in [1.165, 1.54) is 25.3 Å². The van der Waals surface area contributed by atoms with Crippen LogP contribution in [0.2, 0.25) is 5.02 Å². The van der Waals surface area contributed by atoms with Gasteiger partial charge in [0.2, 0.25) is 0 Å². The van der Waals surface area contributed by atoms with Crippen LogP contribution in [-0.2, 0) is 25.5 Å². The number of aliphatic hydroxyl groups is 1. The number of ether oxygens (including phenoxy) is 2. The van der Waals surface area contributed by atoms with Gasteiger partial charge in [-0.15, -0.1) is 0 Å². The molecule has 0 aliphatic heterocycles. The van der Waals surface area contributed by atoms with Gasteiger partial charge in [0.15, 0.2) is 5.78 Å². The molecule has 7 heteroatoms. The van der Waals surface area contributed by atoms with Gasteiger partial charge in [-0.05, 0) is 31.1 Å². The van der Waals surface area contributed by atoms with Crippen molar-refractivity contribution in [1.29, 1.82) is 0 Å². The minimum Gasteiger partial charge on any atom is -0.507 e. The van der Waals surface area contributed by atoms with Gasteiger partial charge in [-0.3, -0.25) is 9.59 Å². The Kier molecular flexibility index (Phi) is 6.94. The molecule has 0 amide bonds. The maximum absolute atomic E-state index is 14.2. The Labute approximate surface area is 156 Å². The second-order valence-electron chi connectivity index (χ2n) is 5.82. The van der Waals surface area contributed by atoms with Gasteiger partial charge in [0.25, 0.3) is 0 Å². The minimum atomic E-state index is -0.669. The van der Waals surface area contributed by atoms with E-state index in [0.29, 0.717) is 5.56 Å². The van der Waals surface area contributed by atoms with Crippen molar-refractivity contribution in [2.24, 2.45) is 5.92 Å². The molecule has 2 unspecified atom stereocenters. The van der Waals surface area contributed by atoms with Gasteiger partial charge in [0, 0.05) is 13.0 Å². The molecule has 0 radical (unpaired) electrons. The maximum Gasteiger partial charge on any atom is 0.313 e. The molecule has 0 heterocycles. The Morgan fingerprint density at radius 2 is 2.04 bits per heavy atom. The number of ketones is 1. The summed E-state index contributed by atoms with van der Waals surface area (Å²) in [6, 6.07) is 4.68. The largest absolute Gasteiger partial charge is 0.507 e. The average molecular weight is 383 g/mol. The van der Waals surface area contributed by atoms with Gasteiger partial charge < -0.3 is 14.6 Å². The van der Waals surface area contributed by atoms with E-state index in [2.05, 4.69) is 0 Å². The van der Waals surface area contributed by atoms with Crippen LogP contribution in [0.1, 0.15) is 18.9 Å². The molecule has 2 atom stereocenters. The average Bonchev–Trinajstić information content (AvgIpc) is 2.60. The van der Waals surface area contributed by atoms with Crippen LogP contribution in [0.4, 0.5) is 4.39 Å². The zero-order valence-corrected chi connectivity index (χ0v) is 15.3. The van der Waals surface area contributed by atoms with Crippen LogP contribution < -0.4 is 0 Å². The van der Waals surface area contributed by atoms with Gasteiger partial charge >= 0.3 is 5.97 Å². The number of carbonyl (C=O) groups is 2. The second kappa shape index (κ2) is 8.96. The fourth-order valence-corrected chi connectivity index (χ4v) is 3.01. The van der Waals surface area contributed by atoms with Crippen LogP contribution >= 0.6 is 11.6 Å². The first kappa shape index (κ1) is 20.1. The van der Waals surface area contributed by atoms with Crippen molar-refractivity contribution >= 4 is 23.4 Å². The van der Waals surface area contributed by atoms with Crippen molar-refractivity contribution in [3.05, 3.63) is 58.1 Å². The molecule has 1 aliphatic rings. The molecule has 0 bridgehead atoms. The molecule has 5 nitrogen and oxygen atoms in total. The van der Waals surface area contributed by atoms with Crippen molar-refractivity contribution < 1.29 is 28.6 Å². The zero-order valence-electron chi connectivity index (χ0n) is 14.5. The Morgan fingerprint density at radius 3 is 2.69 bits per heavy atom. The standard InChI is InChI=1S/C19H20ClFO5/c1-3-26-18(24)10-16(23)13-8-12(17(25-2)9-15(13)22)7-11-5-4-6-14(20)19(11)21/h4-6,8-9,12,17,22H,3,7,10H2,1-2H3. The fourth-order valence-electron chi connectivity index (χ4n) is 2.82. The quantitative estimate of drug-likeness (QED) is 0.576. The monoisotopic (exact) mass is 382 g/mol. The lowest BCUT2D eigenvalue weighted by Crippen LogP contribution is -2.28. The SMILES string of the molecule is CCOC(=O)CC(=O)C1=CC(Cc2cccc(Cl)c2F)C(OC)C=C1O. The summed E-state index contributed by atoms with van der Waals surface area (Å²) in [5.74, 6) is -2.45. The molecule has 1 aromatic carbocycles.